The summed E-state index contributed by atoms with van der Waals surface area (Å²) in [4.78, 5) is 12.0. The van der Waals surface area contributed by atoms with Crippen LogP contribution in [0.15, 0.2) is 72.0 Å². The number of methoxy groups -OCH3 is 1. The van der Waals surface area contributed by atoms with E-state index in [0.29, 0.717) is 0 Å². The van der Waals surface area contributed by atoms with Crippen LogP contribution in [0.1, 0.15) is 17.5 Å². The van der Waals surface area contributed by atoms with Crippen molar-refractivity contribution in [2.24, 2.45) is 0 Å². The summed E-state index contributed by atoms with van der Waals surface area (Å²) in [5.41, 5.74) is 0.874. The third kappa shape index (κ3) is 2.23. The number of aliphatic hydroxyl groups is 1. The standard InChI is InChI=1S/C19H17NO3/c1-23-18(22)16-15(21)12-19(17(16)20,13-8-4-2-5-9-13)14-10-6-3-7-11-14/h2-11,20-21H,12H2,1H3. The Labute approximate surface area is 134 Å². The molecule has 0 heterocycles. The van der Waals surface area contributed by atoms with Crippen molar-refractivity contribution in [2.75, 3.05) is 7.11 Å². The molecule has 0 amide bonds. The number of carbonyl (C=O) groups excluding carboxylic acids is 1. The van der Waals surface area contributed by atoms with Crippen molar-refractivity contribution in [2.45, 2.75) is 11.8 Å². The molecule has 0 spiro atoms. The highest BCUT2D eigenvalue weighted by Crippen LogP contribution is 2.46. The number of hydrogen-bond acceptors (Lipinski definition) is 4. The zero-order valence-corrected chi connectivity index (χ0v) is 12.7. The number of rotatable bonds is 3. The second kappa shape index (κ2) is 5.72. The maximum Gasteiger partial charge on any atom is 0.343 e. The molecule has 2 aromatic rings. The van der Waals surface area contributed by atoms with E-state index in [1.165, 1.54) is 7.11 Å². The first-order valence-corrected chi connectivity index (χ1v) is 7.32. The fourth-order valence-corrected chi connectivity index (χ4v) is 3.21. The summed E-state index contributed by atoms with van der Waals surface area (Å²) in [5, 5.41) is 19.0. The highest BCUT2D eigenvalue weighted by molar-refractivity contribution is 6.25. The number of ether oxygens (including phenoxy) is 1. The molecule has 23 heavy (non-hydrogen) atoms. The Kier molecular flexibility index (Phi) is 3.74. The molecular formula is C19H17NO3. The minimum atomic E-state index is -0.879. The number of nitrogens with one attached hydrogen (secondary N) is 1. The van der Waals surface area contributed by atoms with Crippen LogP contribution in [0, 0.1) is 5.41 Å². The molecule has 0 radical (unpaired) electrons. The van der Waals surface area contributed by atoms with Crippen LogP contribution in [0.25, 0.3) is 0 Å². The van der Waals surface area contributed by atoms with Gasteiger partial charge in [0.2, 0.25) is 0 Å². The highest BCUT2D eigenvalue weighted by Gasteiger charge is 2.49. The van der Waals surface area contributed by atoms with Crippen molar-refractivity contribution in [3.8, 4) is 0 Å². The summed E-state index contributed by atoms with van der Waals surface area (Å²) < 4.78 is 4.74. The van der Waals surface area contributed by atoms with E-state index >= 15 is 0 Å². The van der Waals surface area contributed by atoms with E-state index in [1.807, 2.05) is 60.7 Å². The molecule has 4 nitrogen and oxygen atoms in total. The topological polar surface area (TPSA) is 70.4 Å². The Morgan fingerprint density at radius 3 is 1.96 bits per heavy atom. The van der Waals surface area contributed by atoms with Crippen LogP contribution >= 0.6 is 0 Å². The SMILES string of the molecule is COC(=O)C1=C(O)CC(c2ccccc2)(c2ccccc2)C1=N. The Hall–Kier alpha value is -2.88. The monoisotopic (exact) mass is 307 g/mol. The van der Waals surface area contributed by atoms with Crippen LogP contribution in [0.4, 0.5) is 0 Å². The molecule has 0 unspecified atom stereocenters. The Bertz CT molecular complexity index is 739. The molecule has 0 aromatic heterocycles. The molecule has 0 saturated heterocycles. The number of hydrogen-bond donors (Lipinski definition) is 2. The highest BCUT2D eigenvalue weighted by atomic mass is 16.5. The van der Waals surface area contributed by atoms with Crippen molar-refractivity contribution in [3.05, 3.63) is 83.1 Å². The van der Waals surface area contributed by atoms with Crippen molar-refractivity contribution in [1.82, 2.24) is 0 Å². The smallest absolute Gasteiger partial charge is 0.343 e. The normalized spacial score (nSPS) is 16.5. The summed E-state index contributed by atoms with van der Waals surface area (Å²) in [6.07, 6.45) is 0.171. The average Bonchev–Trinajstić information content (AvgIpc) is 2.87. The van der Waals surface area contributed by atoms with E-state index in [1.54, 1.807) is 0 Å². The van der Waals surface area contributed by atoms with Crippen LogP contribution < -0.4 is 0 Å². The van der Waals surface area contributed by atoms with Gasteiger partial charge in [-0.05, 0) is 11.1 Å². The molecule has 0 saturated carbocycles. The van der Waals surface area contributed by atoms with Gasteiger partial charge in [-0.25, -0.2) is 4.79 Å². The van der Waals surface area contributed by atoms with Crippen molar-refractivity contribution >= 4 is 11.7 Å². The van der Waals surface area contributed by atoms with Crippen LogP contribution in [0.3, 0.4) is 0 Å². The van der Waals surface area contributed by atoms with Gasteiger partial charge < -0.3 is 15.3 Å². The van der Waals surface area contributed by atoms with Gasteiger partial charge in [0.05, 0.1) is 18.2 Å². The minimum Gasteiger partial charge on any atom is -0.511 e. The third-order valence-corrected chi connectivity index (χ3v) is 4.32. The lowest BCUT2D eigenvalue weighted by atomic mass is 9.70. The van der Waals surface area contributed by atoms with Gasteiger partial charge in [0.15, 0.2) is 0 Å². The number of allylic oxidation sites excluding steroid dienone is 1. The van der Waals surface area contributed by atoms with Gasteiger partial charge >= 0.3 is 5.97 Å². The number of carbonyl (C=O) groups is 1. The zero-order chi connectivity index (χ0) is 16.4. The Morgan fingerprint density at radius 1 is 1.04 bits per heavy atom. The van der Waals surface area contributed by atoms with E-state index < -0.39 is 11.4 Å². The summed E-state index contributed by atoms with van der Waals surface area (Å²) in [6, 6.07) is 19.0. The van der Waals surface area contributed by atoms with E-state index in [0.717, 1.165) is 11.1 Å². The maximum atomic E-state index is 12.0. The molecule has 3 rings (SSSR count). The summed E-state index contributed by atoms with van der Waals surface area (Å²) in [6.45, 7) is 0. The lowest BCUT2D eigenvalue weighted by Gasteiger charge is -2.31. The summed E-state index contributed by atoms with van der Waals surface area (Å²) in [5.74, 6) is -0.782. The molecule has 1 aliphatic carbocycles. The predicted octanol–water partition coefficient (Wildman–Crippen LogP) is 3.38. The number of esters is 1. The molecule has 4 heteroatoms. The van der Waals surface area contributed by atoms with Crippen LogP contribution in [0.5, 0.6) is 0 Å². The van der Waals surface area contributed by atoms with Crippen molar-refractivity contribution in [1.29, 1.82) is 5.41 Å². The van der Waals surface area contributed by atoms with E-state index in [2.05, 4.69) is 0 Å². The van der Waals surface area contributed by atoms with Gasteiger partial charge in [-0.3, -0.25) is 0 Å². The quantitative estimate of drug-likeness (QED) is 0.854. The number of benzene rings is 2. The largest absolute Gasteiger partial charge is 0.511 e. The molecular weight excluding hydrogens is 290 g/mol. The minimum absolute atomic E-state index is 0.0415. The molecule has 0 atom stereocenters. The fourth-order valence-electron chi connectivity index (χ4n) is 3.21. The lowest BCUT2D eigenvalue weighted by molar-refractivity contribution is -0.135. The molecule has 2 aromatic carbocycles. The Morgan fingerprint density at radius 2 is 1.52 bits per heavy atom. The van der Waals surface area contributed by atoms with Gasteiger partial charge in [0.25, 0.3) is 0 Å². The second-order valence-electron chi connectivity index (χ2n) is 5.50. The van der Waals surface area contributed by atoms with E-state index in [9.17, 15) is 9.90 Å². The van der Waals surface area contributed by atoms with Gasteiger partial charge in [-0.2, -0.15) is 0 Å². The van der Waals surface area contributed by atoms with E-state index in [4.69, 9.17) is 10.1 Å². The van der Waals surface area contributed by atoms with Gasteiger partial charge in [-0.15, -0.1) is 0 Å². The average molecular weight is 307 g/mol. The van der Waals surface area contributed by atoms with Gasteiger partial charge in [0, 0.05) is 6.42 Å². The van der Waals surface area contributed by atoms with Gasteiger partial charge in [0.1, 0.15) is 11.3 Å². The first-order chi connectivity index (χ1) is 11.1. The number of aliphatic hydroxyl groups excluding tert-OH is 1. The first-order valence-electron chi connectivity index (χ1n) is 7.32. The summed E-state index contributed by atoms with van der Waals surface area (Å²) >= 11 is 0. The molecule has 1 aliphatic rings. The fraction of sp³-hybridized carbons (Fsp3) is 0.158. The first kappa shape index (κ1) is 15.0. The molecule has 0 fully saturated rings. The predicted molar refractivity (Wildman–Crippen MR) is 87.7 cm³/mol. The van der Waals surface area contributed by atoms with E-state index in [-0.39, 0.29) is 23.5 Å². The van der Waals surface area contributed by atoms with Crippen molar-refractivity contribution < 1.29 is 14.6 Å². The Balaban J connectivity index is 2.22. The van der Waals surface area contributed by atoms with Crippen molar-refractivity contribution in [3.63, 3.8) is 0 Å². The maximum absolute atomic E-state index is 12.0. The third-order valence-electron chi connectivity index (χ3n) is 4.32. The lowest BCUT2D eigenvalue weighted by Crippen LogP contribution is -2.35. The molecule has 2 N–H and O–H groups in total. The van der Waals surface area contributed by atoms with Crippen LogP contribution in [-0.2, 0) is 14.9 Å². The van der Waals surface area contributed by atoms with Crippen LogP contribution in [0.2, 0.25) is 0 Å². The zero-order valence-electron chi connectivity index (χ0n) is 12.7. The second-order valence-corrected chi connectivity index (χ2v) is 5.50. The molecule has 0 bridgehead atoms. The molecule has 116 valence electrons. The van der Waals surface area contributed by atoms with Gasteiger partial charge in [-0.1, -0.05) is 60.7 Å². The van der Waals surface area contributed by atoms with Crippen LogP contribution in [-0.4, -0.2) is 23.9 Å². The summed E-state index contributed by atoms with van der Waals surface area (Å²) in [7, 11) is 1.25. The molecule has 0 aliphatic heterocycles.